The van der Waals surface area contributed by atoms with E-state index in [4.69, 9.17) is 0 Å². The Morgan fingerprint density at radius 2 is 1.81 bits per heavy atom. The van der Waals surface area contributed by atoms with E-state index in [9.17, 15) is 18.0 Å². The fraction of sp³-hybridized carbons (Fsp3) is 0.0476. The number of pyridine rings is 1. The minimum Gasteiger partial charge on any atom is -0.406 e. The van der Waals surface area contributed by atoms with Gasteiger partial charge in [0, 0.05) is 23.5 Å². The molecule has 0 radical (unpaired) electrons. The van der Waals surface area contributed by atoms with E-state index in [-0.39, 0.29) is 11.3 Å². The lowest BCUT2D eigenvalue weighted by Crippen LogP contribution is -2.18. The molecule has 5 aromatic rings. The summed E-state index contributed by atoms with van der Waals surface area (Å²) in [7, 11) is 0. The van der Waals surface area contributed by atoms with E-state index < -0.39 is 6.36 Å². The highest BCUT2D eigenvalue weighted by atomic mass is 19.4. The van der Waals surface area contributed by atoms with Crippen molar-refractivity contribution in [2.75, 3.05) is 0 Å². The van der Waals surface area contributed by atoms with E-state index in [0.29, 0.717) is 39.3 Å². The zero-order valence-electron chi connectivity index (χ0n) is 15.6. The number of imidazole rings is 1. The third kappa shape index (κ3) is 3.59. The Kier molecular flexibility index (Phi) is 4.21. The number of fused-ring (bicyclic) bond motifs is 2. The quantitative estimate of drug-likeness (QED) is 0.470. The maximum Gasteiger partial charge on any atom is 0.573 e. The number of benzene rings is 2. The van der Waals surface area contributed by atoms with Gasteiger partial charge in [-0.3, -0.25) is 9.36 Å². The van der Waals surface area contributed by atoms with E-state index in [0.717, 1.165) is 0 Å². The predicted octanol–water partition coefficient (Wildman–Crippen LogP) is 4.22. The van der Waals surface area contributed by atoms with Crippen LogP contribution in [0.2, 0.25) is 0 Å². The predicted molar refractivity (Wildman–Crippen MR) is 107 cm³/mol. The van der Waals surface area contributed by atoms with Gasteiger partial charge in [-0.15, -0.1) is 13.2 Å². The second-order valence-electron chi connectivity index (χ2n) is 6.64. The SMILES string of the molecule is O=c1cnc2ncccc2n1-c1ccc(-c2nc3ccc(OC(F)(F)F)cc3[nH]2)cc1. The molecule has 0 aliphatic carbocycles. The molecule has 3 aromatic heterocycles. The standard InChI is InChI=1S/C21H12F3N5O2/c22-21(23,24)31-14-7-8-15-16(10-14)28-19(27-15)12-3-5-13(6-4-12)29-17-2-1-9-25-20(17)26-11-18(29)30/h1-11H,(H,27,28). The van der Waals surface area contributed by atoms with Crippen LogP contribution in [0.3, 0.4) is 0 Å². The van der Waals surface area contributed by atoms with Gasteiger partial charge >= 0.3 is 6.36 Å². The summed E-state index contributed by atoms with van der Waals surface area (Å²) < 4.78 is 42.7. The molecule has 1 N–H and O–H groups in total. The van der Waals surface area contributed by atoms with E-state index in [2.05, 4.69) is 24.7 Å². The molecule has 0 spiro atoms. The van der Waals surface area contributed by atoms with Crippen LogP contribution in [0.1, 0.15) is 0 Å². The van der Waals surface area contributed by atoms with E-state index in [1.807, 2.05) is 0 Å². The summed E-state index contributed by atoms with van der Waals surface area (Å²) in [6.45, 7) is 0. The Balaban J connectivity index is 1.52. The van der Waals surface area contributed by atoms with Crippen molar-refractivity contribution in [3.05, 3.63) is 77.3 Å². The molecule has 0 amide bonds. The smallest absolute Gasteiger partial charge is 0.406 e. The van der Waals surface area contributed by atoms with Crippen LogP contribution in [-0.2, 0) is 0 Å². The number of aromatic amines is 1. The summed E-state index contributed by atoms with van der Waals surface area (Å²) in [5.41, 5.74) is 2.94. The summed E-state index contributed by atoms with van der Waals surface area (Å²) in [6.07, 6.45) is -1.96. The second-order valence-corrected chi connectivity index (χ2v) is 6.64. The number of halogens is 3. The second kappa shape index (κ2) is 6.94. The maximum atomic E-state index is 12.4. The van der Waals surface area contributed by atoms with Crippen molar-refractivity contribution >= 4 is 22.2 Å². The molecule has 0 saturated carbocycles. The third-order valence-corrected chi connectivity index (χ3v) is 4.61. The van der Waals surface area contributed by atoms with Crippen LogP contribution in [0.15, 0.2) is 71.8 Å². The van der Waals surface area contributed by atoms with E-state index in [1.54, 1.807) is 42.6 Å². The Morgan fingerprint density at radius 1 is 1.00 bits per heavy atom. The molecular weight excluding hydrogens is 411 g/mol. The number of hydrogen-bond acceptors (Lipinski definition) is 5. The summed E-state index contributed by atoms with van der Waals surface area (Å²) in [6, 6.07) is 14.4. The Bertz CT molecular complexity index is 1470. The van der Waals surface area contributed by atoms with Gasteiger partial charge in [0.25, 0.3) is 5.56 Å². The van der Waals surface area contributed by atoms with Crippen LogP contribution in [-0.4, -0.2) is 30.9 Å². The Labute approximate surface area is 171 Å². The number of alkyl halides is 3. The van der Waals surface area contributed by atoms with Crippen LogP contribution >= 0.6 is 0 Å². The molecule has 7 nitrogen and oxygen atoms in total. The summed E-state index contributed by atoms with van der Waals surface area (Å²) in [5.74, 6) is 0.141. The minimum atomic E-state index is -4.77. The number of nitrogens with one attached hydrogen (secondary N) is 1. The third-order valence-electron chi connectivity index (χ3n) is 4.61. The Morgan fingerprint density at radius 3 is 2.58 bits per heavy atom. The topological polar surface area (TPSA) is 85.7 Å². The fourth-order valence-electron chi connectivity index (χ4n) is 3.31. The molecule has 0 bridgehead atoms. The lowest BCUT2D eigenvalue weighted by molar-refractivity contribution is -0.274. The first-order valence-corrected chi connectivity index (χ1v) is 9.06. The van der Waals surface area contributed by atoms with Crippen molar-refractivity contribution in [1.82, 2.24) is 24.5 Å². The fourth-order valence-corrected chi connectivity index (χ4v) is 3.31. The first kappa shape index (κ1) is 18.8. The molecule has 10 heteroatoms. The molecule has 0 unspecified atom stereocenters. The number of H-pyrrole nitrogens is 1. The number of rotatable bonds is 3. The van der Waals surface area contributed by atoms with Gasteiger partial charge in [0.2, 0.25) is 0 Å². The lowest BCUT2D eigenvalue weighted by Gasteiger charge is -2.09. The first-order valence-electron chi connectivity index (χ1n) is 9.06. The van der Waals surface area contributed by atoms with Crippen LogP contribution in [0.25, 0.3) is 39.3 Å². The van der Waals surface area contributed by atoms with Gasteiger partial charge in [0.1, 0.15) is 11.6 Å². The largest absolute Gasteiger partial charge is 0.573 e. The molecule has 0 aliphatic heterocycles. The highest BCUT2D eigenvalue weighted by Gasteiger charge is 2.31. The van der Waals surface area contributed by atoms with Crippen LogP contribution in [0.5, 0.6) is 5.75 Å². The monoisotopic (exact) mass is 423 g/mol. The molecule has 31 heavy (non-hydrogen) atoms. The molecular formula is C21H12F3N5O2. The maximum absolute atomic E-state index is 12.4. The van der Waals surface area contributed by atoms with Gasteiger partial charge in [0.15, 0.2) is 5.65 Å². The zero-order valence-corrected chi connectivity index (χ0v) is 15.6. The van der Waals surface area contributed by atoms with Crippen molar-refractivity contribution in [2.45, 2.75) is 6.36 Å². The van der Waals surface area contributed by atoms with E-state index >= 15 is 0 Å². The summed E-state index contributed by atoms with van der Waals surface area (Å²) in [4.78, 5) is 28.0. The number of nitrogens with zero attached hydrogens (tertiary/aromatic N) is 4. The van der Waals surface area contributed by atoms with Crippen LogP contribution < -0.4 is 10.3 Å². The minimum absolute atomic E-state index is 0.297. The van der Waals surface area contributed by atoms with Crippen molar-refractivity contribution in [3.63, 3.8) is 0 Å². The van der Waals surface area contributed by atoms with Crippen molar-refractivity contribution in [2.24, 2.45) is 0 Å². The molecule has 0 fully saturated rings. The molecule has 0 aliphatic rings. The molecule has 154 valence electrons. The molecule has 2 aromatic carbocycles. The van der Waals surface area contributed by atoms with Gasteiger partial charge in [-0.25, -0.2) is 15.0 Å². The van der Waals surface area contributed by atoms with Gasteiger partial charge in [0.05, 0.1) is 22.7 Å². The first-order chi connectivity index (χ1) is 14.9. The number of aromatic nitrogens is 5. The van der Waals surface area contributed by atoms with E-state index in [1.165, 1.54) is 29.0 Å². The van der Waals surface area contributed by atoms with Crippen molar-refractivity contribution in [3.8, 4) is 22.8 Å². The zero-order chi connectivity index (χ0) is 21.6. The highest BCUT2D eigenvalue weighted by molar-refractivity contribution is 5.81. The van der Waals surface area contributed by atoms with Crippen LogP contribution in [0.4, 0.5) is 13.2 Å². The van der Waals surface area contributed by atoms with Crippen molar-refractivity contribution in [1.29, 1.82) is 0 Å². The van der Waals surface area contributed by atoms with Gasteiger partial charge in [-0.1, -0.05) is 0 Å². The number of ether oxygens (including phenoxy) is 1. The molecule has 5 rings (SSSR count). The van der Waals surface area contributed by atoms with Crippen molar-refractivity contribution < 1.29 is 17.9 Å². The average molecular weight is 423 g/mol. The Hall–Kier alpha value is -4.21. The normalized spacial score (nSPS) is 11.8. The number of hydrogen-bond donors (Lipinski definition) is 1. The average Bonchev–Trinajstić information content (AvgIpc) is 3.16. The van der Waals surface area contributed by atoms with Gasteiger partial charge in [-0.2, -0.15) is 0 Å². The lowest BCUT2D eigenvalue weighted by atomic mass is 10.2. The van der Waals surface area contributed by atoms with Gasteiger partial charge in [-0.05, 0) is 48.5 Å². The molecule has 3 heterocycles. The summed E-state index contributed by atoms with van der Waals surface area (Å²) in [5, 5.41) is 0. The molecule has 0 saturated heterocycles. The van der Waals surface area contributed by atoms with Gasteiger partial charge < -0.3 is 9.72 Å². The molecule has 0 atom stereocenters. The summed E-state index contributed by atoms with van der Waals surface area (Å²) >= 11 is 0. The highest BCUT2D eigenvalue weighted by Crippen LogP contribution is 2.28. The van der Waals surface area contributed by atoms with Crippen LogP contribution in [0, 0.1) is 0 Å².